The number of nitrogens with zero attached hydrogens (tertiary/aromatic N) is 1. The van der Waals surface area contributed by atoms with Gasteiger partial charge in [0.05, 0.1) is 6.61 Å². The molecule has 3 nitrogen and oxygen atoms in total. The van der Waals surface area contributed by atoms with Gasteiger partial charge in [0.2, 0.25) is 0 Å². The van der Waals surface area contributed by atoms with Crippen LogP contribution in [0, 0.1) is 0 Å². The summed E-state index contributed by atoms with van der Waals surface area (Å²) in [5.41, 5.74) is 7.94. The predicted molar refractivity (Wildman–Crippen MR) is 59.0 cm³/mol. The van der Waals surface area contributed by atoms with Crippen molar-refractivity contribution >= 4 is 0 Å². The van der Waals surface area contributed by atoms with Gasteiger partial charge in [-0.2, -0.15) is 0 Å². The lowest BCUT2D eigenvalue weighted by Crippen LogP contribution is -2.36. The lowest BCUT2D eigenvalue weighted by Gasteiger charge is -2.30. The number of nitrogens with two attached hydrogens (primary N) is 1. The van der Waals surface area contributed by atoms with Crippen molar-refractivity contribution in [2.45, 2.75) is 18.9 Å². The molecule has 1 heterocycles. The number of aliphatic hydroxyl groups excluding tert-OH is 1. The minimum Gasteiger partial charge on any atom is -0.395 e. The normalized spacial score (nSPS) is 21.3. The number of hydrogen-bond acceptors (Lipinski definition) is 3. The van der Waals surface area contributed by atoms with Gasteiger partial charge >= 0.3 is 0 Å². The van der Waals surface area contributed by atoms with E-state index in [-0.39, 0.29) is 12.6 Å². The summed E-state index contributed by atoms with van der Waals surface area (Å²) in [7, 11) is 0. The Kier molecular flexibility index (Phi) is 4.32. The molecule has 14 heavy (non-hydrogen) atoms. The van der Waals surface area contributed by atoms with E-state index in [4.69, 9.17) is 10.8 Å². The van der Waals surface area contributed by atoms with Gasteiger partial charge in [0.15, 0.2) is 0 Å². The summed E-state index contributed by atoms with van der Waals surface area (Å²) in [5, 5.41) is 8.78. The summed E-state index contributed by atoms with van der Waals surface area (Å²) in [4.78, 5) is 2.31. The Labute approximate surface area is 85.9 Å². The highest BCUT2D eigenvalue weighted by Gasteiger charge is 2.15. The molecule has 1 aliphatic heterocycles. The first kappa shape index (κ1) is 11.4. The van der Waals surface area contributed by atoms with Crippen molar-refractivity contribution in [3.8, 4) is 0 Å². The molecular formula is C11H20N2O. The fourth-order valence-corrected chi connectivity index (χ4v) is 1.56. The molecule has 80 valence electrons. The van der Waals surface area contributed by atoms with Crippen molar-refractivity contribution in [3.05, 3.63) is 24.3 Å². The molecule has 0 aromatic carbocycles. The quantitative estimate of drug-likeness (QED) is 0.689. The molecule has 0 radical (unpaired) electrons. The summed E-state index contributed by atoms with van der Waals surface area (Å²) >= 11 is 0. The smallest absolute Gasteiger partial charge is 0.0583 e. The van der Waals surface area contributed by atoms with E-state index < -0.39 is 0 Å². The zero-order valence-electron chi connectivity index (χ0n) is 8.71. The van der Waals surface area contributed by atoms with Crippen molar-refractivity contribution < 1.29 is 5.11 Å². The second-order valence-electron chi connectivity index (χ2n) is 3.96. The summed E-state index contributed by atoms with van der Waals surface area (Å²) in [5.74, 6) is 0. The average molecular weight is 196 g/mol. The van der Waals surface area contributed by atoms with Crippen molar-refractivity contribution in [3.63, 3.8) is 0 Å². The van der Waals surface area contributed by atoms with Crippen LogP contribution in [-0.4, -0.2) is 42.3 Å². The van der Waals surface area contributed by atoms with Crippen molar-refractivity contribution in [2.24, 2.45) is 5.73 Å². The maximum Gasteiger partial charge on any atom is 0.0583 e. The highest BCUT2D eigenvalue weighted by molar-refractivity contribution is 5.28. The minimum atomic E-state index is -0.0895. The van der Waals surface area contributed by atoms with E-state index in [9.17, 15) is 0 Å². The molecule has 1 rings (SSSR count). The fourth-order valence-electron chi connectivity index (χ4n) is 1.56. The molecule has 0 aliphatic carbocycles. The number of aliphatic hydroxyl groups is 1. The van der Waals surface area contributed by atoms with Crippen molar-refractivity contribution in [1.82, 2.24) is 4.90 Å². The van der Waals surface area contributed by atoms with E-state index in [2.05, 4.69) is 18.1 Å². The van der Waals surface area contributed by atoms with Crippen LogP contribution in [0.25, 0.3) is 0 Å². The van der Waals surface area contributed by atoms with Crippen LogP contribution >= 0.6 is 0 Å². The first-order valence-corrected chi connectivity index (χ1v) is 5.08. The standard InChI is InChI=1S/C11H20N2O/c1-9-3-5-13(7-10(9)2)6-4-11(12)8-14/h11,14H,1-8,12H2. The van der Waals surface area contributed by atoms with Crippen LogP contribution in [-0.2, 0) is 0 Å². The summed E-state index contributed by atoms with van der Waals surface area (Å²) < 4.78 is 0. The third kappa shape index (κ3) is 3.25. The fraction of sp³-hybridized carbons (Fsp3) is 0.636. The predicted octanol–water partition coefficient (Wildman–Crippen LogP) is 0.514. The number of rotatable bonds is 4. The lowest BCUT2D eigenvalue weighted by molar-refractivity contribution is 0.227. The maximum absolute atomic E-state index is 8.78. The van der Waals surface area contributed by atoms with Crippen LogP contribution < -0.4 is 5.73 Å². The van der Waals surface area contributed by atoms with Gasteiger partial charge in [-0.1, -0.05) is 18.7 Å². The van der Waals surface area contributed by atoms with E-state index in [0.717, 1.165) is 38.0 Å². The highest BCUT2D eigenvalue weighted by atomic mass is 16.3. The van der Waals surface area contributed by atoms with E-state index in [1.165, 1.54) is 5.57 Å². The van der Waals surface area contributed by atoms with Crippen LogP contribution in [0.4, 0.5) is 0 Å². The molecule has 0 aromatic rings. The molecule has 1 saturated heterocycles. The van der Waals surface area contributed by atoms with Crippen LogP contribution in [0.2, 0.25) is 0 Å². The molecule has 0 saturated carbocycles. The van der Waals surface area contributed by atoms with Gasteiger partial charge in [-0.05, 0) is 18.4 Å². The largest absolute Gasteiger partial charge is 0.395 e. The van der Waals surface area contributed by atoms with E-state index >= 15 is 0 Å². The number of hydrogen-bond donors (Lipinski definition) is 2. The van der Waals surface area contributed by atoms with Crippen molar-refractivity contribution in [2.75, 3.05) is 26.2 Å². The van der Waals surface area contributed by atoms with Gasteiger partial charge in [-0.3, -0.25) is 4.90 Å². The molecule has 3 heteroatoms. The average Bonchev–Trinajstić information content (AvgIpc) is 2.19. The molecule has 0 spiro atoms. The van der Waals surface area contributed by atoms with Gasteiger partial charge in [0.1, 0.15) is 0 Å². The van der Waals surface area contributed by atoms with Gasteiger partial charge in [0, 0.05) is 25.7 Å². The Bertz CT molecular complexity index is 225. The van der Waals surface area contributed by atoms with Crippen molar-refractivity contribution in [1.29, 1.82) is 0 Å². The SMILES string of the molecule is C=C1CCN(CCC(N)CO)CC1=C. The molecule has 0 aromatic heterocycles. The molecular weight excluding hydrogens is 176 g/mol. The van der Waals surface area contributed by atoms with Crippen LogP contribution in [0.5, 0.6) is 0 Å². The first-order valence-electron chi connectivity index (χ1n) is 5.08. The summed E-state index contributed by atoms with van der Waals surface area (Å²) in [6.07, 6.45) is 1.85. The number of likely N-dealkylation sites (tertiary alicyclic amines) is 1. The summed E-state index contributed by atoms with van der Waals surface area (Å²) in [6, 6.07) is -0.0895. The molecule has 0 amide bonds. The van der Waals surface area contributed by atoms with Gasteiger partial charge < -0.3 is 10.8 Å². The minimum absolute atomic E-state index is 0.0709. The molecule has 1 fully saturated rings. The Hall–Kier alpha value is -0.640. The number of piperidine rings is 1. The maximum atomic E-state index is 8.78. The van der Waals surface area contributed by atoms with Crippen LogP contribution in [0.1, 0.15) is 12.8 Å². The molecule has 0 bridgehead atoms. The monoisotopic (exact) mass is 196 g/mol. The molecule has 1 atom stereocenters. The lowest BCUT2D eigenvalue weighted by atomic mass is 10.0. The second kappa shape index (κ2) is 5.29. The molecule has 3 N–H and O–H groups in total. The molecule has 1 unspecified atom stereocenters. The Morgan fingerprint density at radius 3 is 2.71 bits per heavy atom. The van der Waals surface area contributed by atoms with Crippen LogP contribution in [0.15, 0.2) is 24.3 Å². The topological polar surface area (TPSA) is 49.5 Å². The second-order valence-corrected chi connectivity index (χ2v) is 3.96. The summed E-state index contributed by atoms with van der Waals surface area (Å²) in [6.45, 7) is 10.9. The first-order chi connectivity index (χ1) is 6.63. The van der Waals surface area contributed by atoms with Gasteiger partial charge in [-0.25, -0.2) is 0 Å². The zero-order valence-corrected chi connectivity index (χ0v) is 8.71. The van der Waals surface area contributed by atoms with Gasteiger partial charge in [-0.15, -0.1) is 0 Å². The van der Waals surface area contributed by atoms with Crippen LogP contribution in [0.3, 0.4) is 0 Å². The zero-order chi connectivity index (χ0) is 10.6. The van der Waals surface area contributed by atoms with E-state index in [1.807, 2.05) is 0 Å². The third-order valence-corrected chi connectivity index (χ3v) is 2.69. The van der Waals surface area contributed by atoms with Gasteiger partial charge in [0.25, 0.3) is 0 Å². The highest BCUT2D eigenvalue weighted by Crippen LogP contribution is 2.18. The Balaban J connectivity index is 2.26. The Morgan fingerprint density at radius 1 is 1.43 bits per heavy atom. The molecule has 1 aliphatic rings. The van der Waals surface area contributed by atoms with E-state index in [0.29, 0.717) is 0 Å². The third-order valence-electron chi connectivity index (χ3n) is 2.69. The Morgan fingerprint density at radius 2 is 2.14 bits per heavy atom. The van der Waals surface area contributed by atoms with E-state index in [1.54, 1.807) is 0 Å².